The number of Topliss-reactive ketones (excluding diaryl/α,β-unsaturated/α-hetero) is 1. The molecule has 2 N–H and O–H groups in total. The molecule has 0 saturated heterocycles. The van der Waals surface area contributed by atoms with Gasteiger partial charge in [0, 0.05) is 5.92 Å². The molecule has 2 nitrogen and oxygen atoms in total. The van der Waals surface area contributed by atoms with Crippen molar-refractivity contribution in [1.82, 2.24) is 0 Å². The summed E-state index contributed by atoms with van der Waals surface area (Å²) in [5, 5.41) is 0. The van der Waals surface area contributed by atoms with Crippen molar-refractivity contribution in [2.45, 2.75) is 70.8 Å². The maximum Gasteiger partial charge on any atom is 0.152 e. The molecular formula is C13H25NO. The molecule has 0 aromatic heterocycles. The fourth-order valence-corrected chi connectivity index (χ4v) is 2.47. The summed E-state index contributed by atoms with van der Waals surface area (Å²) in [5.74, 6) is 0.540. The van der Waals surface area contributed by atoms with Gasteiger partial charge in [-0.3, -0.25) is 4.79 Å². The summed E-state index contributed by atoms with van der Waals surface area (Å²) in [7, 11) is 0. The highest BCUT2D eigenvalue weighted by Gasteiger charge is 2.20. The van der Waals surface area contributed by atoms with Crippen molar-refractivity contribution in [3.63, 3.8) is 0 Å². The van der Waals surface area contributed by atoms with Crippen molar-refractivity contribution in [3.05, 3.63) is 0 Å². The summed E-state index contributed by atoms with van der Waals surface area (Å²) in [4.78, 5) is 11.8. The molecule has 1 aliphatic rings. The van der Waals surface area contributed by atoms with E-state index < -0.39 is 0 Å². The van der Waals surface area contributed by atoms with Crippen molar-refractivity contribution in [2.24, 2.45) is 11.7 Å². The van der Waals surface area contributed by atoms with E-state index >= 15 is 0 Å². The fraction of sp³-hybridized carbons (Fsp3) is 0.923. The normalized spacial score (nSPS) is 23.3. The highest BCUT2D eigenvalue weighted by molar-refractivity contribution is 5.85. The molecule has 1 saturated carbocycles. The standard InChI is InChI=1S/C13H25NO/c1-11(14)13(15)12-9-7-5-3-2-4-6-8-10-12/h11-12H,2-10,14H2,1H3. The van der Waals surface area contributed by atoms with Gasteiger partial charge in [0.15, 0.2) is 5.78 Å². The summed E-state index contributed by atoms with van der Waals surface area (Å²) in [5.41, 5.74) is 5.68. The minimum Gasteiger partial charge on any atom is -0.322 e. The van der Waals surface area contributed by atoms with Crippen molar-refractivity contribution < 1.29 is 4.79 Å². The van der Waals surface area contributed by atoms with Crippen molar-refractivity contribution in [1.29, 1.82) is 0 Å². The maximum atomic E-state index is 11.8. The Balaban J connectivity index is 2.41. The maximum absolute atomic E-state index is 11.8. The zero-order valence-corrected chi connectivity index (χ0v) is 10.0. The van der Waals surface area contributed by atoms with Crippen molar-refractivity contribution >= 4 is 5.78 Å². The van der Waals surface area contributed by atoms with Crippen LogP contribution < -0.4 is 5.73 Å². The second-order valence-electron chi connectivity index (χ2n) is 4.94. The lowest BCUT2D eigenvalue weighted by Gasteiger charge is -2.19. The molecule has 2 heteroatoms. The summed E-state index contributed by atoms with van der Waals surface area (Å²) in [6.07, 6.45) is 11.2. The van der Waals surface area contributed by atoms with Gasteiger partial charge in [-0.15, -0.1) is 0 Å². The molecular weight excluding hydrogens is 186 g/mol. The number of hydrogen-bond acceptors (Lipinski definition) is 2. The number of rotatable bonds is 2. The molecule has 1 unspecified atom stereocenters. The number of carbonyl (C=O) groups is 1. The van der Waals surface area contributed by atoms with E-state index in [0.717, 1.165) is 12.8 Å². The predicted octanol–water partition coefficient (Wildman–Crippen LogP) is 3.04. The molecule has 0 amide bonds. The molecule has 15 heavy (non-hydrogen) atoms. The Kier molecular flexibility index (Phi) is 5.92. The number of hydrogen-bond donors (Lipinski definition) is 1. The molecule has 1 aliphatic carbocycles. The van der Waals surface area contributed by atoms with Gasteiger partial charge in [-0.05, 0) is 19.8 Å². The van der Waals surface area contributed by atoms with Crippen LogP contribution in [-0.4, -0.2) is 11.8 Å². The Morgan fingerprint density at radius 3 is 1.80 bits per heavy atom. The lowest BCUT2D eigenvalue weighted by molar-refractivity contribution is -0.124. The molecule has 0 aromatic carbocycles. The van der Waals surface area contributed by atoms with E-state index in [1.165, 1.54) is 44.9 Å². The van der Waals surface area contributed by atoms with Crippen molar-refractivity contribution in [3.8, 4) is 0 Å². The van der Waals surface area contributed by atoms with Crippen LogP contribution in [0.1, 0.15) is 64.7 Å². The highest BCUT2D eigenvalue weighted by Crippen LogP contribution is 2.22. The van der Waals surface area contributed by atoms with E-state index in [-0.39, 0.29) is 17.7 Å². The van der Waals surface area contributed by atoms with Crippen LogP contribution in [0.4, 0.5) is 0 Å². The van der Waals surface area contributed by atoms with E-state index in [9.17, 15) is 4.79 Å². The van der Waals surface area contributed by atoms with Gasteiger partial charge in [-0.25, -0.2) is 0 Å². The molecule has 0 aromatic rings. The van der Waals surface area contributed by atoms with Gasteiger partial charge in [-0.1, -0.05) is 44.9 Å². The molecule has 1 rings (SSSR count). The average molecular weight is 211 g/mol. The first kappa shape index (κ1) is 12.7. The molecule has 1 atom stereocenters. The van der Waals surface area contributed by atoms with E-state index in [1.54, 1.807) is 0 Å². The summed E-state index contributed by atoms with van der Waals surface area (Å²) in [6.45, 7) is 1.82. The number of nitrogens with two attached hydrogens (primary N) is 1. The summed E-state index contributed by atoms with van der Waals surface area (Å²) in [6, 6.07) is -0.266. The molecule has 0 spiro atoms. The Labute approximate surface area is 93.6 Å². The first-order valence-electron chi connectivity index (χ1n) is 6.51. The highest BCUT2D eigenvalue weighted by atomic mass is 16.1. The third-order valence-corrected chi connectivity index (χ3v) is 3.46. The molecule has 0 heterocycles. The quantitative estimate of drug-likeness (QED) is 0.763. The van der Waals surface area contributed by atoms with Crippen LogP contribution in [0, 0.1) is 5.92 Å². The zero-order valence-electron chi connectivity index (χ0n) is 10.0. The Morgan fingerprint density at radius 1 is 1.00 bits per heavy atom. The Hall–Kier alpha value is -0.370. The van der Waals surface area contributed by atoms with Crippen LogP contribution in [0.5, 0.6) is 0 Å². The SMILES string of the molecule is CC(N)C(=O)C1CCCCCCCCC1. The second kappa shape index (κ2) is 7.00. The van der Waals surface area contributed by atoms with Crippen LogP contribution in [-0.2, 0) is 4.79 Å². The third-order valence-electron chi connectivity index (χ3n) is 3.46. The first-order chi connectivity index (χ1) is 7.22. The summed E-state index contributed by atoms with van der Waals surface area (Å²) < 4.78 is 0. The second-order valence-corrected chi connectivity index (χ2v) is 4.94. The molecule has 0 bridgehead atoms. The van der Waals surface area contributed by atoms with Crippen LogP contribution in [0.3, 0.4) is 0 Å². The topological polar surface area (TPSA) is 43.1 Å². The van der Waals surface area contributed by atoms with Crippen LogP contribution in [0.15, 0.2) is 0 Å². The molecule has 1 fully saturated rings. The van der Waals surface area contributed by atoms with Crippen LogP contribution in [0.2, 0.25) is 0 Å². The summed E-state index contributed by atoms with van der Waals surface area (Å²) >= 11 is 0. The lowest BCUT2D eigenvalue weighted by Crippen LogP contribution is -2.33. The smallest absolute Gasteiger partial charge is 0.152 e. The van der Waals surface area contributed by atoms with Gasteiger partial charge in [-0.2, -0.15) is 0 Å². The van der Waals surface area contributed by atoms with Gasteiger partial charge in [0.25, 0.3) is 0 Å². The van der Waals surface area contributed by atoms with E-state index in [2.05, 4.69) is 0 Å². The predicted molar refractivity (Wildman–Crippen MR) is 63.7 cm³/mol. The van der Waals surface area contributed by atoms with Crippen LogP contribution >= 0.6 is 0 Å². The number of carbonyl (C=O) groups excluding carboxylic acids is 1. The van der Waals surface area contributed by atoms with E-state index in [4.69, 9.17) is 5.73 Å². The Morgan fingerprint density at radius 2 is 1.40 bits per heavy atom. The minimum absolute atomic E-state index is 0.253. The van der Waals surface area contributed by atoms with Gasteiger partial charge in [0.05, 0.1) is 6.04 Å². The van der Waals surface area contributed by atoms with Gasteiger partial charge in [0.2, 0.25) is 0 Å². The molecule has 88 valence electrons. The van der Waals surface area contributed by atoms with Crippen LogP contribution in [0.25, 0.3) is 0 Å². The molecule has 0 aliphatic heterocycles. The Bertz CT molecular complexity index is 179. The lowest BCUT2D eigenvalue weighted by atomic mass is 9.87. The monoisotopic (exact) mass is 211 g/mol. The minimum atomic E-state index is -0.266. The van der Waals surface area contributed by atoms with E-state index in [0.29, 0.717) is 0 Å². The van der Waals surface area contributed by atoms with E-state index in [1.807, 2.05) is 6.92 Å². The third kappa shape index (κ3) is 4.78. The van der Waals surface area contributed by atoms with Gasteiger partial charge < -0.3 is 5.73 Å². The van der Waals surface area contributed by atoms with Crippen molar-refractivity contribution in [2.75, 3.05) is 0 Å². The average Bonchev–Trinajstić information content (AvgIpc) is 2.24. The largest absolute Gasteiger partial charge is 0.322 e. The first-order valence-corrected chi connectivity index (χ1v) is 6.51. The molecule has 0 radical (unpaired) electrons. The number of ketones is 1. The zero-order chi connectivity index (χ0) is 11.1. The fourth-order valence-electron chi connectivity index (χ4n) is 2.47. The van der Waals surface area contributed by atoms with Gasteiger partial charge in [0.1, 0.15) is 0 Å². The van der Waals surface area contributed by atoms with Gasteiger partial charge >= 0.3 is 0 Å².